The van der Waals surface area contributed by atoms with E-state index in [0.717, 1.165) is 0 Å². The maximum absolute atomic E-state index is 13.8. The lowest BCUT2D eigenvalue weighted by atomic mass is 9.71. The number of carbonyl (C=O) groups is 2. The first-order valence-electron chi connectivity index (χ1n) is 19.0. The summed E-state index contributed by atoms with van der Waals surface area (Å²) in [6.45, 7) is 15.3. The second-order valence-electron chi connectivity index (χ2n) is 17.1. The minimum Gasteiger partial charge on any atom is -0.295 e. The fourth-order valence-corrected chi connectivity index (χ4v) is 7.55. The molecule has 326 valence electrons. The van der Waals surface area contributed by atoms with Crippen LogP contribution in [0.25, 0.3) is 0 Å². The molecule has 0 heterocycles. The lowest BCUT2D eigenvalue weighted by molar-refractivity contribution is -0.625. The van der Waals surface area contributed by atoms with Crippen LogP contribution in [0.5, 0.6) is 0 Å². The molecule has 0 saturated carbocycles. The molecule has 4 aromatic carbocycles. The van der Waals surface area contributed by atoms with Gasteiger partial charge in [-0.2, -0.15) is 29.7 Å². The van der Waals surface area contributed by atoms with Gasteiger partial charge < -0.3 is 0 Å². The summed E-state index contributed by atoms with van der Waals surface area (Å²) in [6.07, 6.45) is 1.82. The minimum absolute atomic E-state index is 0.0100. The molecule has 0 aliphatic heterocycles. The van der Waals surface area contributed by atoms with E-state index in [-0.39, 0.29) is 22.3 Å². The SMILES string of the molecule is CC(C)(CCC(C)(C)c1ccccc1C(OO)(OO)OOC(=O)c1ccccc1C(C)(C)CCC(C)(C)c1ccccc1C(OO)(OO)OO)c1ccccc1C(=O)OO. The second-order valence-corrected chi connectivity index (χ2v) is 17.1. The Morgan fingerprint density at radius 3 is 1.03 bits per heavy atom. The van der Waals surface area contributed by atoms with Crippen molar-refractivity contribution in [3.63, 3.8) is 0 Å². The summed E-state index contributed by atoms with van der Waals surface area (Å²) >= 11 is 0. The predicted molar refractivity (Wildman–Crippen MR) is 213 cm³/mol. The summed E-state index contributed by atoms with van der Waals surface area (Å²) in [5.41, 5.74) is -0.401. The summed E-state index contributed by atoms with van der Waals surface area (Å²) in [4.78, 5) is 62.7. The van der Waals surface area contributed by atoms with Gasteiger partial charge in [-0.1, -0.05) is 140 Å². The fraction of sp³-hybridized carbons (Fsp3) is 0.409. The maximum Gasteiger partial charge on any atom is 0.402 e. The largest absolute Gasteiger partial charge is 0.402 e. The Bertz CT molecular complexity index is 2060. The van der Waals surface area contributed by atoms with E-state index in [1.54, 1.807) is 78.9 Å². The van der Waals surface area contributed by atoms with Gasteiger partial charge in [-0.25, -0.2) is 35.9 Å². The summed E-state index contributed by atoms with van der Waals surface area (Å²) in [5.74, 6) is -7.48. The summed E-state index contributed by atoms with van der Waals surface area (Å²) < 4.78 is 0. The van der Waals surface area contributed by atoms with Gasteiger partial charge in [-0.15, -0.1) is 4.89 Å². The zero-order chi connectivity index (χ0) is 44.6. The molecule has 6 N–H and O–H groups in total. The zero-order valence-corrected chi connectivity index (χ0v) is 34.8. The van der Waals surface area contributed by atoms with Gasteiger partial charge in [0.1, 0.15) is 0 Å². The van der Waals surface area contributed by atoms with Crippen LogP contribution in [0.3, 0.4) is 0 Å². The molecule has 0 aliphatic rings. The molecule has 0 aliphatic carbocycles. The van der Waals surface area contributed by atoms with Crippen molar-refractivity contribution in [2.24, 2.45) is 0 Å². The van der Waals surface area contributed by atoms with E-state index < -0.39 is 45.5 Å². The Morgan fingerprint density at radius 1 is 0.400 bits per heavy atom. The van der Waals surface area contributed by atoms with Crippen LogP contribution in [0, 0.1) is 0 Å². The van der Waals surface area contributed by atoms with Gasteiger partial charge in [0.15, 0.2) is 0 Å². The van der Waals surface area contributed by atoms with Crippen molar-refractivity contribution in [1.29, 1.82) is 0 Å². The van der Waals surface area contributed by atoms with Crippen molar-refractivity contribution in [3.8, 4) is 0 Å². The van der Waals surface area contributed by atoms with Crippen LogP contribution < -0.4 is 0 Å². The van der Waals surface area contributed by atoms with Gasteiger partial charge in [0.2, 0.25) is 0 Å². The van der Waals surface area contributed by atoms with Gasteiger partial charge >= 0.3 is 23.9 Å². The van der Waals surface area contributed by atoms with Crippen LogP contribution in [0.15, 0.2) is 97.1 Å². The summed E-state index contributed by atoms with van der Waals surface area (Å²) in [6, 6.07) is 26.3. The van der Waals surface area contributed by atoms with E-state index in [4.69, 9.17) is 15.0 Å². The van der Waals surface area contributed by atoms with E-state index >= 15 is 0 Å². The molecule has 0 aromatic heterocycles. The van der Waals surface area contributed by atoms with Gasteiger partial charge in [0.25, 0.3) is 0 Å². The quantitative estimate of drug-likeness (QED) is 0.0260. The van der Waals surface area contributed by atoms with Crippen molar-refractivity contribution < 1.29 is 80.2 Å². The molecule has 0 unspecified atom stereocenters. The first-order valence-corrected chi connectivity index (χ1v) is 19.0. The maximum atomic E-state index is 13.8. The number of hydrogen-bond donors (Lipinski definition) is 6. The number of rotatable bonds is 21. The Kier molecular flexibility index (Phi) is 15.5. The van der Waals surface area contributed by atoms with Crippen LogP contribution in [0.4, 0.5) is 0 Å². The standard InChI is InChI=1S/C44H54O16/c1-39(2,31-19-11-9-17-29(31)37(45)53-47)25-28-42(7,8)34-22-14-16-24-36(34)44(58-51,59-52)60-54-38(46)30-18-10-12-20-32(30)40(3,4)26-27-41(5,6)33-21-13-15-23-35(33)43(55-48,56-49)57-50/h9-24,47-52H,25-28H2,1-8H3. The Balaban J connectivity index is 1.58. The lowest BCUT2D eigenvalue weighted by Crippen LogP contribution is -2.39. The van der Waals surface area contributed by atoms with E-state index in [9.17, 15) is 35.9 Å². The number of carbonyl (C=O) groups excluding carboxylic acids is 2. The van der Waals surface area contributed by atoms with E-state index in [1.165, 1.54) is 18.2 Å². The first kappa shape index (κ1) is 48.0. The average Bonchev–Trinajstić information content (AvgIpc) is 3.26. The van der Waals surface area contributed by atoms with E-state index in [0.29, 0.717) is 47.9 Å². The monoisotopic (exact) mass is 838 g/mol. The summed E-state index contributed by atoms with van der Waals surface area (Å²) in [5, 5.41) is 58.0. The Hall–Kier alpha value is -4.66. The smallest absolute Gasteiger partial charge is 0.295 e. The van der Waals surface area contributed by atoms with E-state index in [2.05, 4.69) is 29.3 Å². The third-order valence-corrected chi connectivity index (χ3v) is 11.4. The van der Waals surface area contributed by atoms with Crippen molar-refractivity contribution in [2.75, 3.05) is 0 Å². The van der Waals surface area contributed by atoms with Crippen LogP contribution in [0.2, 0.25) is 0 Å². The molecule has 0 bridgehead atoms. The molecule has 4 aromatic rings. The number of hydrogen-bond acceptors (Lipinski definition) is 16. The molecule has 16 nitrogen and oxygen atoms in total. The van der Waals surface area contributed by atoms with Gasteiger partial charge in [-0.3, -0.25) is 9.78 Å². The molecule has 0 atom stereocenters. The first-order chi connectivity index (χ1) is 28.2. The Labute approximate surface area is 347 Å². The zero-order valence-electron chi connectivity index (χ0n) is 34.8. The highest BCUT2D eigenvalue weighted by Gasteiger charge is 2.47. The second kappa shape index (κ2) is 19.4. The topological polar surface area (TPSA) is 229 Å². The molecule has 0 amide bonds. The van der Waals surface area contributed by atoms with Crippen LogP contribution in [0.1, 0.15) is 135 Å². The molecule has 16 heteroatoms. The third kappa shape index (κ3) is 10.1. The molecular weight excluding hydrogens is 784 g/mol. The predicted octanol–water partition coefficient (Wildman–Crippen LogP) is 9.84. The van der Waals surface area contributed by atoms with Crippen molar-refractivity contribution >= 4 is 11.9 Å². The van der Waals surface area contributed by atoms with Crippen LogP contribution in [-0.4, -0.2) is 43.5 Å². The highest BCUT2D eigenvalue weighted by atomic mass is 17.4. The van der Waals surface area contributed by atoms with Gasteiger partial charge in [-0.05, 0) is 81.7 Å². The molecule has 0 saturated heterocycles. The van der Waals surface area contributed by atoms with Crippen molar-refractivity contribution in [1.82, 2.24) is 0 Å². The summed E-state index contributed by atoms with van der Waals surface area (Å²) in [7, 11) is 0. The molecule has 60 heavy (non-hydrogen) atoms. The van der Waals surface area contributed by atoms with Crippen molar-refractivity contribution in [3.05, 3.63) is 142 Å². The van der Waals surface area contributed by atoms with Gasteiger partial charge in [0.05, 0.1) is 22.3 Å². The minimum atomic E-state index is -2.86. The molecule has 0 radical (unpaired) electrons. The molecular formula is C44H54O16. The van der Waals surface area contributed by atoms with Crippen LogP contribution in [-0.2, 0) is 72.7 Å². The Morgan fingerprint density at radius 2 is 0.683 bits per heavy atom. The van der Waals surface area contributed by atoms with Crippen LogP contribution >= 0.6 is 0 Å². The number of benzene rings is 4. The van der Waals surface area contributed by atoms with Crippen molar-refractivity contribution in [2.45, 2.75) is 115 Å². The van der Waals surface area contributed by atoms with E-state index in [1.807, 2.05) is 55.4 Å². The molecule has 0 spiro atoms. The molecule has 0 fully saturated rings. The third-order valence-electron chi connectivity index (χ3n) is 11.4. The highest BCUT2D eigenvalue weighted by molar-refractivity contribution is 5.91. The normalized spacial score (nSPS) is 13.0. The van der Waals surface area contributed by atoms with Gasteiger partial charge in [0, 0.05) is 0 Å². The fourth-order valence-electron chi connectivity index (χ4n) is 7.55. The average molecular weight is 839 g/mol. The lowest BCUT2D eigenvalue weighted by Gasteiger charge is -2.36. The molecule has 4 rings (SSSR count). The highest BCUT2D eigenvalue weighted by Crippen LogP contribution is 2.44.